The van der Waals surface area contributed by atoms with Crippen LogP contribution < -0.4 is 0 Å². The molecule has 2 bridgehead atoms. The van der Waals surface area contributed by atoms with Crippen LogP contribution in [0, 0.1) is 17.3 Å². The third-order valence-electron chi connectivity index (χ3n) is 4.98. The molecule has 0 saturated heterocycles. The summed E-state index contributed by atoms with van der Waals surface area (Å²) >= 11 is 26.4. The minimum Gasteiger partial charge on any atom is -0.274 e. The molecule has 0 N–H and O–H groups in total. The summed E-state index contributed by atoms with van der Waals surface area (Å²) in [6.45, 7) is 4.47. The summed E-state index contributed by atoms with van der Waals surface area (Å²) in [6, 6.07) is 0. The molecule has 0 heterocycles. The van der Waals surface area contributed by atoms with Gasteiger partial charge in [-0.25, -0.2) is 0 Å². The van der Waals surface area contributed by atoms with E-state index in [4.69, 9.17) is 46.4 Å². The van der Waals surface area contributed by atoms with Gasteiger partial charge in [-0.2, -0.15) is 0 Å². The van der Waals surface area contributed by atoms with Crippen LogP contribution in [-0.4, -0.2) is 24.6 Å². The van der Waals surface area contributed by atoms with E-state index in [1.807, 2.05) is 0 Å². The van der Waals surface area contributed by atoms with Gasteiger partial charge in [-0.1, -0.05) is 37.4 Å². The van der Waals surface area contributed by atoms with E-state index in [-0.39, 0.29) is 14.7 Å². The number of fused-ring (bicyclic) bond motifs is 2. The number of carbonyl (C=O) groups excluding carboxylic acids is 1. The zero-order chi connectivity index (χ0) is 15.1. The molecule has 0 aromatic carbocycles. The van der Waals surface area contributed by atoms with E-state index in [1.165, 1.54) is 31.0 Å². The number of rotatable bonds is 4. The molecule has 0 aliphatic heterocycles. The van der Waals surface area contributed by atoms with Gasteiger partial charge < -0.3 is 0 Å². The van der Waals surface area contributed by atoms with Crippen LogP contribution in [-0.2, 0) is 0 Å². The van der Waals surface area contributed by atoms with Crippen molar-refractivity contribution in [2.75, 3.05) is 5.75 Å². The SMILES string of the molecule is CC1(C)[C@@H]2CC[C@@H](C2)[C@]1(Cl)CSC(=O)S[C@H](Cl)C(Cl)Cl. The molecule has 20 heavy (non-hydrogen) atoms. The Morgan fingerprint density at radius 1 is 1.25 bits per heavy atom. The number of carbonyl (C=O) groups is 1. The summed E-state index contributed by atoms with van der Waals surface area (Å²) in [5.74, 6) is 1.84. The lowest BCUT2D eigenvalue weighted by molar-refractivity contribution is 0.164. The molecule has 0 spiro atoms. The fraction of sp³-hybridized carbons (Fsp3) is 0.923. The van der Waals surface area contributed by atoms with Crippen molar-refractivity contribution < 1.29 is 4.79 Å². The Morgan fingerprint density at radius 3 is 2.35 bits per heavy atom. The third-order valence-corrected chi connectivity index (χ3v) is 9.81. The normalized spacial score (nSPS) is 36.5. The summed E-state index contributed by atoms with van der Waals surface area (Å²) in [7, 11) is 0. The molecule has 0 unspecified atom stereocenters. The lowest BCUT2D eigenvalue weighted by atomic mass is 9.69. The van der Waals surface area contributed by atoms with Gasteiger partial charge in [0.15, 0.2) is 0 Å². The Hall–Kier alpha value is 1.53. The van der Waals surface area contributed by atoms with E-state index in [9.17, 15) is 4.79 Å². The van der Waals surface area contributed by atoms with Crippen molar-refractivity contribution in [2.24, 2.45) is 17.3 Å². The lowest BCUT2D eigenvalue weighted by Crippen LogP contribution is -2.46. The second kappa shape index (κ2) is 6.57. The highest BCUT2D eigenvalue weighted by molar-refractivity contribution is 8.39. The van der Waals surface area contributed by atoms with Gasteiger partial charge in [0.2, 0.25) is 4.45 Å². The Kier molecular flexibility index (Phi) is 5.87. The summed E-state index contributed by atoms with van der Waals surface area (Å²) in [6.07, 6.45) is 3.65. The van der Waals surface area contributed by atoms with E-state index >= 15 is 0 Å². The molecule has 0 aromatic rings. The first-order chi connectivity index (χ1) is 9.18. The molecular formula is C13H18Cl4OS2. The van der Waals surface area contributed by atoms with Crippen LogP contribution in [0.5, 0.6) is 0 Å². The van der Waals surface area contributed by atoms with Crippen LogP contribution >= 0.6 is 69.9 Å². The Bertz CT molecular complexity index is 391. The van der Waals surface area contributed by atoms with Crippen molar-refractivity contribution in [3.05, 3.63) is 0 Å². The second-order valence-electron chi connectivity index (χ2n) is 6.13. The van der Waals surface area contributed by atoms with E-state index in [1.54, 1.807) is 0 Å². The molecule has 0 radical (unpaired) electrons. The summed E-state index contributed by atoms with van der Waals surface area (Å²) in [5, 5.41) is 0. The number of halogens is 4. The Labute approximate surface area is 149 Å². The predicted octanol–water partition coefficient (Wildman–Crippen LogP) is 6.38. The van der Waals surface area contributed by atoms with Gasteiger partial charge in [-0.05, 0) is 36.5 Å². The highest BCUT2D eigenvalue weighted by Crippen LogP contribution is 2.65. The highest BCUT2D eigenvalue weighted by Gasteiger charge is 2.61. The highest BCUT2D eigenvalue weighted by atomic mass is 35.5. The lowest BCUT2D eigenvalue weighted by Gasteiger charge is -2.45. The van der Waals surface area contributed by atoms with Crippen LogP contribution in [0.25, 0.3) is 0 Å². The number of hydrogen-bond acceptors (Lipinski definition) is 3. The molecule has 1 nitrogen and oxygen atoms in total. The molecule has 7 heteroatoms. The van der Waals surface area contributed by atoms with Crippen molar-refractivity contribution >= 4 is 74.4 Å². The zero-order valence-corrected chi connectivity index (χ0v) is 16.0. The topological polar surface area (TPSA) is 17.1 Å². The van der Waals surface area contributed by atoms with Crippen molar-refractivity contribution in [2.45, 2.75) is 47.5 Å². The molecule has 2 aliphatic rings. The van der Waals surface area contributed by atoms with Crippen molar-refractivity contribution in [3.63, 3.8) is 0 Å². The van der Waals surface area contributed by atoms with E-state index in [2.05, 4.69) is 13.8 Å². The zero-order valence-electron chi connectivity index (χ0n) is 11.4. The average Bonchev–Trinajstić information content (AvgIpc) is 2.90. The van der Waals surface area contributed by atoms with Crippen molar-refractivity contribution in [3.8, 4) is 0 Å². The molecule has 4 atom stereocenters. The van der Waals surface area contributed by atoms with E-state index < -0.39 is 9.55 Å². The number of thioether (sulfide) groups is 2. The maximum Gasteiger partial charge on any atom is 0.247 e. The largest absolute Gasteiger partial charge is 0.274 e. The van der Waals surface area contributed by atoms with Crippen LogP contribution in [0.2, 0.25) is 0 Å². The fourth-order valence-electron chi connectivity index (χ4n) is 3.56. The van der Waals surface area contributed by atoms with Crippen molar-refractivity contribution in [1.82, 2.24) is 0 Å². The summed E-state index contributed by atoms with van der Waals surface area (Å²) in [5.41, 5.74) is 0.0806. The molecule has 2 saturated carbocycles. The molecule has 2 rings (SSSR count). The predicted molar refractivity (Wildman–Crippen MR) is 93.8 cm³/mol. The quantitative estimate of drug-likeness (QED) is 0.514. The first kappa shape index (κ1) is 17.9. The van der Waals surface area contributed by atoms with Crippen LogP contribution in [0.3, 0.4) is 0 Å². The van der Waals surface area contributed by atoms with Crippen LogP contribution in [0.15, 0.2) is 0 Å². The molecule has 2 aliphatic carbocycles. The van der Waals surface area contributed by atoms with Crippen LogP contribution in [0.4, 0.5) is 4.79 Å². The van der Waals surface area contributed by atoms with E-state index in [0.717, 1.165) is 11.8 Å². The van der Waals surface area contributed by atoms with Crippen LogP contribution in [0.1, 0.15) is 33.1 Å². The first-order valence-electron chi connectivity index (χ1n) is 6.63. The molecule has 2 fully saturated rings. The monoisotopic (exact) mass is 394 g/mol. The van der Waals surface area contributed by atoms with Gasteiger partial charge >= 0.3 is 0 Å². The van der Waals surface area contributed by atoms with Gasteiger partial charge in [-0.15, -0.1) is 46.4 Å². The summed E-state index contributed by atoms with van der Waals surface area (Å²) < 4.78 is -0.674. The molecule has 116 valence electrons. The van der Waals surface area contributed by atoms with Gasteiger partial charge in [0.05, 0.1) is 4.87 Å². The fourth-order valence-corrected chi connectivity index (χ4v) is 6.77. The minimum atomic E-state index is -0.755. The molecule has 0 amide bonds. The Balaban J connectivity index is 1.92. The maximum absolute atomic E-state index is 11.9. The van der Waals surface area contributed by atoms with Crippen molar-refractivity contribution in [1.29, 1.82) is 0 Å². The second-order valence-corrected chi connectivity index (χ2v) is 11.0. The number of alkyl halides is 4. The average molecular weight is 396 g/mol. The summed E-state index contributed by atoms with van der Waals surface area (Å²) in [4.78, 5) is 10.9. The Morgan fingerprint density at radius 2 is 1.85 bits per heavy atom. The maximum atomic E-state index is 11.9. The van der Waals surface area contributed by atoms with Gasteiger partial charge in [-0.3, -0.25) is 4.79 Å². The van der Waals surface area contributed by atoms with E-state index in [0.29, 0.717) is 17.6 Å². The smallest absolute Gasteiger partial charge is 0.247 e. The molecule has 0 aromatic heterocycles. The standard InChI is InChI=1S/C13H18Cl4OS2/c1-12(2)7-3-4-8(5-7)13(12,17)6-19-11(18)20-10(16)9(14)15/h7-10H,3-6H2,1-2H3/t7-,8+,10+,13-/m1/s1. The minimum absolute atomic E-state index is 0.0603. The third kappa shape index (κ3) is 3.23. The van der Waals surface area contributed by atoms with Gasteiger partial charge in [0.1, 0.15) is 9.55 Å². The number of hydrogen-bond donors (Lipinski definition) is 0. The van der Waals surface area contributed by atoms with Gasteiger partial charge in [0.25, 0.3) is 0 Å². The first-order valence-corrected chi connectivity index (χ1v) is 10.2. The van der Waals surface area contributed by atoms with Gasteiger partial charge in [0, 0.05) is 5.75 Å². The molecular weight excluding hydrogens is 378 g/mol.